The second-order valence-electron chi connectivity index (χ2n) is 10.9. The first-order chi connectivity index (χ1) is 12.7. The maximum Gasteiger partial charge on any atom is 0.224 e. The molecule has 0 aromatic carbocycles. The van der Waals surface area contributed by atoms with Crippen LogP contribution in [-0.4, -0.2) is 15.4 Å². The van der Waals surface area contributed by atoms with Crippen LogP contribution in [0.1, 0.15) is 57.8 Å². The molecule has 9 unspecified atom stereocenters. The van der Waals surface area contributed by atoms with Crippen molar-refractivity contribution in [2.24, 2.45) is 45.1 Å². The summed E-state index contributed by atoms with van der Waals surface area (Å²) >= 11 is 0. The van der Waals surface area contributed by atoms with Gasteiger partial charge in [-0.3, -0.25) is 4.79 Å². The number of allylic oxidation sites excluding steroid dienone is 4. The molecule has 1 amide bonds. The lowest BCUT2D eigenvalue weighted by Gasteiger charge is -2.37. The van der Waals surface area contributed by atoms with Crippen molar-refractivity contribution in [3.05, 3.63) is 24.3 Å². The molecular formula is C23H31NOSi. The van der Waals surface area contributed by atoms with Crippen molar-refractivity contribution < 1.29 is 4.79 Å². The first kappa shape index (κ1) is 15.1. The summed E-state index contributed by atoms with van der Waals surface area (Å²) < 4.78 is 0. The van der Waals surface area contributed by atoms with Crippen LogP contribution in [0.5, 0.6) is 0 Å². The molecular weight excluding hydrogens is 334 g/mol. The zero-order chi connectivity index (χ0) is 17.4. The third-order valence-electron chi connectivity index (χ3n) is 10.8. The van der Waals surface area contributed by atoms with Crippen molar-refractivity contribution in [2.45, 2.75) is 68.9 Å². The van der Waals surface area contributed by atoms with E-state index in [0.29, 0.717) is 16.2 Å². The highest BCUT2D eigenvalue weighted by Crippen LogP contribution is 3.33. The van der Waals surface area contributed by atoms with Gasteiger partial charge in [0.25, 0.3) is 0 Å². The summed E-state index contributed by atoms with van der Waals surface area (Å²) in [6.07, 6.45) is 22.0. The molecule has 26 heavy (non-hydrogen) atoms. The molecule has 138 valence electrons. The molecule has 1 saturated heterocycles. The van der Waals surface area contributed by atoms with E-state index in [4.69, 9.17) is 5.73 Å². The van der Waals surface area contributed by atoms with Gasteiger partial charge >= 0.3 is 0 Å². The minimum atomic E-state index is -0.0364. The maximum absolute atomic E-state index is 12.4. The van der Waals surface area contributed by atoms with Crippen LogP contribution in [0.15, 0.2) is 24.3 Å². The Morgan fingerprint density at radius 2 is 1.65 bits per heavy atom. The molecule has 9 atom stereocenters. The number of nitrogens with two attached hydrogens (primary N) is 1. The van der Waals surface area contributed by atoms with Crippen molar-refractivity contribution in [3.63, 3.8) is 0 Å². The minimum absolute atomic E-state index is 0.0207. The lowest BCUT2D eigenvalue weighted by atomic mass is 9.69. The zero-order valence-electron chi connectivity index (χ0n) is 15.8. The third kappa shape index (κ3) is 1.18. The summed E-state index contributed by atoms with van der Waals surface area (Å²) in [5, 5.41) is 0. The fourth-order valence-corrected chi connectivity index (χ4v) is 13.6. The Morgan fingerprint density at radius 1 is 0.923 bits per heavy atom. The van der Waals surface area contributed by atoms with Gasteiger partial charge in [0.15, 0.2) is 0 Å². The lowest BCUT2D eigenvalue weighted by Crippen LogP contribution is -2.39. The van der Waals surface area contributed by atoms with E-state index in [2.05, 4.69) is 24.3 Å². The smallest absolute Gasteiger partial charge is 0.224 e. The minimum Gasteiger partial charge on any atom is -0.369 e. The molecule has 7 rings (SSSR count). The van der Waals surface area contributed by atoms with Crippen LogP contribution in [0, 0.1) is 39.4 Å². The molecule has 0 bridgehead atoms. The standard InChI is InChI=1S/C23H31NOSi/c24-19(25)21-12-8-4-2-1-3-7-11-20(17-22(20)18(21)23(17,21)22)16-13-14-9-5-6-10-15(14)26-16/h5-6,9-10,14-18H,1-4,7-8,11-13,26H2,(H2,24,25). The fourth-order valence-electron chi connectivity index (χ4n) is 10.2. The molecule has 3 heteroatoms. The van der Waals surface area contributed by atoms with Crippen molar-refractivity contribution in [1.29, 1.82) is 0 Å². The topological polar surface area (TPSA) is 43.1 Å². The maximum atomic E-state index is 12.4. The van der Waals surface area contributed by atoms with Gasteiger partial charge in [0.2, 0.25) is 5.91 Å². The van der Waals surface area contributed by atoms with Crippen LogP contribution >= 0.6 is 0 Å². The number of carbonyl (C=O) groups is 1. The zero-order valence-corrected chi connectivity index (χ0v) is 17.2. The number of hydrogen-bond acceptors (Lipinski definition) is 1. The van der Waals surface area contributed by atoms with Gasteiger partial charge < -0.3 is 5.73 Å². The predicted octanol–water partition coefficient (Wildman–Crippen LogP) is 3.73. The summed E-state index contributed by atoms with van der Waals surface area (Å²) in [5.74, 6) is 2.61. The van der Waals surface area contributed by atoms with Crippen LogP contribution in [0.4, 0.5) is 0 Å². The molecule has 6 aliphatic carbocycles. The van der Waals surface area contributed by atoms with E-state index in [0.717, 1.165) is 35.3 Å². The fraction of sp³-hybridized carbons (Fsp3) is 0.783. The number of amides is 1. The highest BCUT2D eigenvalue weighted by Gasteiger charge is 3.32. The highest BCUT2D eigenvalue weighted by molar-refractivity contribution is 6.43. The van der Waals surface area contributed by atoms with E-state index in [-0.39, 0.29) is 20.8 Å². The molecule has 1 heterocycles. The van der Waals surface area contributed by atoms with Crippen molar-refractivity contribution in [3.8, 4) is 0 Å². The van der Waals surface area contributed by atoms with E-state index in [9.17, 15) is 4.79 Å². The van der Waals surface area contributed by atoms with Crippen LogP contribution in [-0.2, 0) is 4.79 Å². The summed E-state index contributed by atoms with van der Waals surface area (Å²) in [7, 11) is -0.0364. The van der Waals surface area contributed by atoms with E-state index >= 15 is 0 Å². The molecule has 0 aromatic heterocycles. The monoisotopic (exact) mass is 365 g/mol. The van der Waals surface area contributed by atoms with Gasteiger partial charge in [0.1, 0.15) is 0 Å². The average molecular weight is 366 g/mol. The number of primary amides is 1. The van der Waals surface area contributed by atoms with Gasteiger partial charge in [-0.1, -0.05) is 62.8 Å². The van der Waals surface area contributed by atoms with Gasteiger partial charge in [-0.25, -0.2) is 0 Å². The second kappa shape index (κ2) is 4.26. The average Bonchev–Trinajstić information content (AvgIpc) is 3.55. The molecule has 0 radical (unpaired) electrons. The molecule has 2 spiro atoms. The summed E-state index contributed by atoms with van der Waals surface area (Å²) in [4.78, 5) is 12.4. The van der Waals surface area contributed by atoms with Crippen LogP contribution in [0.2, 0.25) is 11.1 Å². The van der Waals surface area contributed by atoms with Crippen LogP contribution in [0.25, 0.3) is 0 Å². The Bertz CT molecular complexity index is 769. The normalized spacial score (nSPS) is 63.8. The summed E-state index contributed by atoms with van der Waals surface area (Å²) in [5.41, 5.74) is 9.80. The van der Waals surface area contributed by atoms with E-state index in [1.54, 1.807) is 0 Å². The number of carbonyl (C=O) groups excluding carboxylic acids is 1. The van der Waals surface area contributed by atoms with Crippen molar-refractivity contribution >= 4 is 15.4 Å². The molecule has 6 fully saturated rings. The second-order valence-corrected chi connectivity index (χ2v) is 13.3. The lowest BCUT2D eigenvalue weighted by molar-refractivity contribution is -0.127. The Morgan fingerprint density at radius 3 is 2.35 bits per heavy atom. The van der Waals surface area contributed by atoms with E-state index in [1.807, 2.05) is 0 Å². The largest absolute Gasteiger partial charge is 0.369 e. The Labute approximate surface area is 158 Å². The van der Waals surface area contributed by atoms with Gasteiger partial charge in [-0.15, -0.1) is 0 Å². The van der Waals surface area contributed by atoms with Crippen molar-refractivity contribution in [1.82, 2.24) is 0 Å². The molecule has 7 aliphatic rings. The number of fused-ring (bicyclic) bond motifs is 2. The van der Waals surface area contributed by atoms with Gasteiger partial charge in [-0.05, 0) is 58.9 Å². The van der Waals surface area contributed by atoms with Gasteiger partial charge in [-0.2, -0.15) is 0 Å². The number of rotatable bonds is 2. The Balaban J connectivity index is 1.20. The summed E-state index contributed by atoms with van der Waals surface area (Å²) in [6, 6.07) is 0. The molecule has 2 nitrogen and oxygen atoms in total. The van der Waals surface area contributed by atoms with E-state index in [1.165, 1.54) is 51.4 Å². The quantitative estimate of drug-likeness (QED) is 0.745. The predicted molar refractivity (Wildman–Crippen MR) is 105 cm³/mol. The third-order valence-corrected chi connectivity index (χ3v) is 13.8. The first-order valence-electron chi connectivity index (χ1n) is 11.4. The van der Waals surface area contributed by atoms with Crippen molar-refractivity contribution in [2.75, 3.05) is 0 Å². The van der Waals surface area contributed by atoms with Crippen LogP contribution < -0.4 is 5.73 Å². The molecule has 5 saturated carbocycles. The van der Waals surface area contributed by atoms with Gasteiger partial charge in [0, 0.05) is 14.9 Å². The highest BCUT2D eigenvalue weighted by atomic mass is 28.2. The van der Waals surface area contributed by atoms with Crippen LogP contribution in [0.3, 0.4) is 0 Å². The summed E-state index contributed by atoms with van der Waals surface area (Å²) in [6.45, 7) is 0. The van der Waals surface area contributed by atoms with E-state index < -0.39 is 0 Å². The molecule has 1 aliphatic heterocycles. The Hall–Kier alpha value is -0.833. The molecule has 0 aromatic rings. The SMILES string of the molecule is NC(=O)C12CCCCCCCCC3(C4CC5C=CC=CC5[SiH2]4)C4C15C2C435. The first-order valence-corrected chi connectivity index (χ1v) is 13.0. The Kier molecular flexibility index (Phi) is 2.48. The van der Waals surface area contributed by atoms with Gasteiger partial charge in [0.05, 0.1) is 5.41 Å². The molecule has 2 N–H and O–H groups in total. The number of hydrogen-bond donors (Lipinski definition) is 1.